The quantitative estimate of drug-likeness (QED) is 0.579. The molecular formula is C9H12O3. The van der Waals surface area contributed by atoms with Gasteiger partial charge in [-0.25, -0.2) is 0 Å². The molecule has 0 radical (unpaired) electrons. The lowest BCUT2D eigenvalue weighted by atomic mass is 10.1. The molecule has 1 aliphatic rings. The van der Waals surface area contributed by atoms with Gasteiger partial charge in [-0.05, 0) is 12.5 Å². The number of ether oxygens (including phenoxy) is 1. The summed E-state index contributed by atoms with van der Waals surface area (Å²) in [4.78, 5) is 21.5. The number of hydrogen-bond donors (Lipinski definition) is 0. The molecule has 3 heteroatoms. The summed E-state index contributed by atoms with van der Waals surface area (Å²) in [6.45, 7) is 3.49. The van der Waals surface area contributed by atoms with Crippen LogP contribution in [0.3, 0.4) is 0 Å². The molecule has 1 rings (SSSR count). The zero-order valence-electron chi connectivity index (χ0n) is 7.29. The minimum absolute atomic E-state index is 0.0985. The van der Waals surface area contributed by atoms with E-state index in [1.54, 1.807) is 6.92 Å². The van der Waals surface area contributed by atoms with E-state index < -0.39 is 0 Å². The lowest BCUT2D eigenvalue weighted by Gasteiger charge is -2.05. The number of esters is 1. The molecule has 0 saturated carbocycles. The van der Waals surface area contributed by atoms with Gasteiger partial charge in [0.05, 0.1) is 6.61 Å². The van der Waals surface area contributed by atoms with Crippen molar-refractivity contribution in [2.24, 2.45) is 5.92 Å². The van der Waals surface area contributed by atoms with Gasteiger partial charge in [-0.1, -0.05) is 6.08 Å². The van der Waals surface area contributed by atoms with Crippen LogP contribution < -0.4 is 0 Å². The second-order valence-electron chi connectivity index (χ2n) is 3.04. The average molecular weight is 168 g/mol. The van der Waals surface area contributed by atoms with Gasteiger partial charge in [-0.15, -0.1) is 0 Å². The number of Topliss-reactive ketones (excluding diaryl/α,β-unsaturated/α-hetero) is 1. The number of rotatable bonds is 2. The maximum Gasteiger partial charge on any atom is 0.302 e. The SMILES string of the molecule is CC(=O)OCC1C=C(C)C(=O)C1. The molecule has 0 fully saturated rings. The molecule has 0 aromatic carbocycles. The average Bonchev–Trinajstić information content (AvgIpc) is 2.28. The summed E-state index contributed by atoms with van der Waals surface area (Å²) in [5, 5.41) is 0. The molecule has 0 aliphatic heterocycles. The van der Waals surface area contributed by atoms with Crippen molar-refractivity contribution in [2.45, 2.75) is 20.3 Å². The third kappa shape index (κ3) is 2.19. The van der Waals surface area contributed by atoms with Gasteiger partial charge in [0.1, 0.15) is 0 Å². The van der Waals surface area contributed by atoms with E-state index in [0.717, 1.165) is 5.57 Å². The molecule has 0 amide bonds. The fourth-order valence-electron chi connectivity index (χ4n) is 1.24. The van der Waals surface area contributed by atoms with Crippen LogP contribution in [0.2, 0.25) is 0 Å². The molecule has 0 aromatic rings. The van der Waals surface area contributed by atoms with Gasteiger partial charge in [-0.2, -0.15) is 0 Å². The van der Waals surface area contributed by atoms with E-state index in [9.17, 15) is 9.59 Å². The molecule has 0 bridgehead atoms. The molecule has 66 valence electrons. The summed E-state index contributed by atoms with van der Waals surface area (Å²) >= 11 is 0. The summed E-state index contributed by atoms with van der Waals surface area (Å²) in [5.74, 6) is -0.0334. The van der Waals surface area contributed by atoms with Crippen LogP contribution in [0, 0.1) is 5.92 Å². The van der Waals surface area contributed by atoms with E-state index in [1.165, 1.54) is 6.92 Å². The molecular weight excluding hydrogens is 156 g/mol. The van der Waals surface area contributed by atoms with Crippen LogP contribution in [0.1, 0.15) is 20.3 Å². The maximum absolute atomic E-state index is 11.0. The molecule has 12 heavy (non-hydrogen) atoms. The standard InChI is InChI=1S/C9H12O3/c1-6-3-8(4-9(6)11)5-12-7(2)10/h3,8H,4-5H2,1-2H3. The Morgan fingerprint density at radius 1 is 1.75 bits per heavy atom. The third-order valence-corrected chi connectivity index (χ3v) is 1.87. The highest BCUT2D eigenvalue weighted by molar-refractivity contribution is 5.97. The van der Waals surface area contributed by atoms with Crippen LogP contribution in [0.5, 0.6) is 0 Å². The third-order valence-electron chi connectivity index (χ3n) is 1.87. The Balaban J connectivity index is 2.38. The van der Waals surface area contributed by atoms with Crippen LogP contribution in [0.15, 0.2) is 11.6 Å². The Labute approximate surface area is 71.4 Å². The van der Waals surface area contributed by atoms with Crippen molar-refractivity contribution in [1.29, 1.82) is 0 Å². The van der Waals surface area contributed by atoms with Gasteiger partial charge >= 0.3 is 5.97 Å². The fourth-order valence-corrected chi connectivity index (χ4v) is 1.24. The van der Waals surface area contributed by atoms with Crippen molar-refractivity contribution in [2.75, 3.05) is 6.61 Å². The second-order valence-corrected chi connectivity index (χ2v) is 3.04. The molecule has 1 unspecified atom stereocenters. The van der Waals surface area contributed by atoms with Crippen molar-refractivity contribution in [1.82, 2.24) is 0 Å². The van der Waals surface area contributed by atoms with Gasteiger partial charge in [0, 0.05) is 19.3 Å². The highest BCUT2D eigenvalue weighted by Gasteiger charge is 2.21. The minimum Gasteiger partial charge on any atom is -0.465 e. The second kappa shape index (κ2) is 3.52. The number of allylic oxidation sites excluding steroid dienone is 1. The zero-order chi connectivity index (χ0) is 9.14. The largest absolute Gasteiger partial charge is 0.465 e. The van der Waals surface area contributed by atoms with Crippen LogP contribution >= 0.6 is 0 Å². The van der Waals surface area contributed by atoms with E-state index in [1.807, 2.05) is 6.08 Å². The smallest absolute Gasteiger partial charge is 0.302 e. The lowest BCUT2D eigenvalue weighted by molar-refractivity contribution is -0.142. The first-order chi connectivity index (χ1) is 5.59. The number of carbonyl (C=O) groups excluding carboxylic acids is 2. The zero-order valence-corrected chi connectivity index (χ0v) is 7.29. The van der Waals surface area contributed by atoms with Crippen molar-refractivity contribution in [3.05, 3.63) is 11.6 Å². The minimum atomic E-state index is -0.291. The first-order valence-electron chi connectivity index (χ1n) is 3.94. The Morgan fingerprint density at radius 2 is 2.42 bits per heavy atom. The van der Waals surface area contributed by atoms with Gasteiger partial charge in [0.25, 0.3) is 0 Å². The highest BCUT2D eigenvalue weighted by Crippen LogP contribution is 2.20. The summed E-state index contributed by atoms with van der Waals surface area (Å²) in [7, 11) is 0. The molecule has 1 aliphatic carbocycles. The highest BCUT2D eigenvalue weighted by atomic mass is 16.5. The van der Waals surface area contributed by atoms with Gasteiger partial charge in [0.15, 0.2) is 5.78 Å². The number of ketones is 1. The fraction of sp³-hybridized carbons (Fsp3) is 0.556. The summed E-state index contributed by atoms with van der Waals surface area (Å²) < 4.78 is 4.79. The van der Waals surface area contributed by atoms with Crippen molar-refractivity contribution in [3.8, 4) is 0 Å². The molecule has 1 atom stereocenters. The Kier molecular flexibility index (Phi) is 2.63. The molecule has 0 saturated heterocycles. The van der Waals surface area contributed by atoms with Crippen LogP contribution in [-0.4, -0.2) is 18.4 Å². The number of carbonyl (C=O) groups is 2. The Bertz CT molecular complexity index is 240. The Morgan fingerprint density at radius 3 is 2.83 bits per heavy atom. The van der Waals surface area contributed by atoms with E-state index in [-0.39, 0.29) is 17.7 Å². The van der Waals surface area contributed by atoms with Gasteiger partial charge in [-0.3, -0.25) is 9.59 Å². The Hall–Kier alpha value is -1.12. The van der Waals surface area contributed by atoms with Crippen molar-refractivity contribution >= 4 is 11.8 Å². The monoisotopic (exact) mass is 168 g/mol. The van der Waals surface area contributed by atoms with Crippen LogP contribution in [0.4, 0.5) is 0 Å². The number of hydrogen-bond acceptors (Lipinski definition) is 3. The molecule has 3 nitrogen and oxygen atoms in total. The summed E-state index contributed by atoms with van der Waals surface area (Å²) in [5.41, 5.74) is 0.784. The topological polar surface area (TPSA) is 43.4 Å². The lowest BCUT2D eigenvalue weighted by Crippen LogP contribution is -2.09. The molecule has 0 heterocycles. The van der Waals surface area contributed by atoms with E-state index in [2.05, 4.69) is 0 Å². The summed E-state index contributed by atoms with van der Waals surface area (Å²) in [6.07, 6.45) is 2.35. The maximum atomic E-state index is 11.0. The first kappa shape index (κ1) is 8.97. The summed E-state index contributed by atoms with van der Waals surface area (Å²) in [6, 6.07) is 0. The predicted molar refractivity (Wildman–Crippen MR) is 43.5 cm³/mol. The molecule has 0 spiro atoms. The van der Waals surface area contributed by atoms with E-state index >= 15 is 0 Å². The van der Waals surface area contributed by atoms with Crippen molar-refractivity contribution < 1.29 is 14.3 Å². The molecule has 0 N–H and O–H groups in total. The van der Waals surface area contributed by atoms with E-state index in [4.69, 9.17) is 4.74 Å². The normalized spacial score (nSPS) is 22.3. The van der Waals surface area contributed by atoms with Crippen molar-refractivity contribution in [3.63, 3.8) is 0 Å². The van der Waals surface area contributed by atoms with Crippen LogP contribution in [-0.2, 0) is 14.3 Å². The van der Waals surface area contributed by atoms with Gasteiger partial charge in [0.2, 0.25) is 0 Å². The first-order valence-corrected chi connectivity index (χ1v) is 3.94. The van der Waals surface area contributed by atoms with E-state index in [0.29, 0.717) is 13.0 Å². The van der Waals surface area contributed by atoms with Gasteiger partial charge < -0.3 is 4.74 Å². The molecule has 0 aromatic heterocycles. The van der Waals surface area contributed by atoms with Crippen LogP contribution in [0.25, 0.3) is 0 Å². The predicted octanol–water partition coefficient (Wildman–Crippen LogP) is 1.08.